The maximum absolute atomic E-state index is 6.02. The van der Waals surface area contributed by atoms with E-state index in [2.05, 4.69) is 17.2 Å². The van der Waals surface area contributed by atoms with E-state index in [1.807, 2.05) is 18.2 Å². The van der Waals surface area contributed by atoms with E-state index >= 15 is 0 Å². The number of rotatable bonds is 5. The van der Waals surface area contributed by atoms with Crippen LogP contribution in [0.3, 0.4) is 0 Å². The van der Waals surface area contributed by atoms with Crippen LogP contribution in [0.5, 0.6) is 0 Å². The minimum Gasteiger partial charge on any atom is -0.453 e. The molecule has 2 aromatic rings. The first-order chi connectivity index (χ1) is 8.31. The fourth-order valence-electron chi connectivity index (χ4n) is 1.85. The Balaban J connectivity index is 2.16. The Morgan fingerprint density at radius 3 is 2.71 bits per heavy atom. The van der Waals surface area contributed by atoms with Gasteiger partial charge in [-0.3, -0.25) is 4.98 Å². The molecule has 0 amide bonds. The number of nitrogens with one attached hydrogen (secondary N) is 1. The number of halogens is 1. The van der Waals surface area contributed by atoms with Crippen molar-refractivity contribution in [3.8, 4) is 0 Å². The second-order valence-electron chi connectivity index (χ2n) is 3.82. The van der Waals surface area contributed by atoms with Crippen LogP contribution in [0.25, 0.3) is 0 Å². The number of hydrogen-bond donors (Lipinski definition) is 1. The van der Waals surface area contributed by atoms with Gasteiger partial charge in [-0.15, -0.1) is 0 Å². The predicted octanol–water partition coefficient (Wildman–Crippen LogP) is 3.22. The van der Waals surface area contributed by atoms with Crippen molar-refractivity contribution in [3.63, 3.8) is 0 Å². The van der Waals surface area contributed by atoms with Crippen LogP contribution in [-0.2, 0) is 6.42 Å². The van der Waals surface area contributed by atoms with Crippen LogP contribution in [0, 0.1) is 0 Å². The van der Waals surface area contributed by atoms with Gasteiger partial charge in [0.2, 0.25) is 0 Å². The van der Waals surface area contributed by atoms with E-state index < -0.39 is 0 Å². The first-order valence-electron chi connectivity index (χ1n) is 5.66. The summed E-state index contributed by atoms with van der Waals surface area (Å²) in [5.41, 5.74) is 2.23. The van der Waals surface area contributed by atoms with E-state index in [0.717, 1.165) is 18.5 Å². The van der Waals surface area contributed by atoms with Crippen molar-refractivity contribution in [1.29, 1.82) is 0 Å². The van der Waals surface area contributed by atoms with Crippen molar-refractivity contribution in [2.45, 2.75) is 19.4 Å². The molecule has 0 radical (unpaired) electrons. The number of furan rings is 1. The monoisotopic (exact) mass is 250 g/mol. The lowest BCUT2D eigenvalue weighted by Gasteiger charge is -2.16. The fraction of sp³-hybridized carbons (Fsp3) is 0.308. The summed E-state index contributed by atoms with van der Waals surface area (Å²) in [6, 6.07) is 6.11. The van der Waals surface area contributed by atoms with E-state index in [4.69, 9.17) is 16.0 Å². The molecule has 90 valence electrons. The van der Waals surface area contributed by atoms with Crippen LogP contribution in [-0.4, -0.2) is 11.5 Å². The van der Waals surface area contributed by atoms with Crippen LogP contribution >= 0.6 is 11.6 Å². The van der Waals surface area contributed by atoms with Crippen molar-refractivity contribution in [3.05, 3.63) is 53.2 Å². The summed E-state index contributed by atoms with van der Waals surface area (Å²) in [6.07, 6.45) is 6.09. The van der Waals surface area contributed by atoms with Crippen molar-refractivity contribution < 1.29 is 4.42 Å². The quantitative estimate of drug-likeness (QED) is 0.886. The molecule has 4 heteroatoms. The van der Waals surface area contributed by atoms with Crippen LogP contribution in [0.15, 0.2) is 41.3 Å². The molecule has 0 aromatic carbocycles. The van der Waals surface area contributed by atoms with Gasteiger partial charge in [0.05, 0.1) is 6.26 Å². The molecule has 0 saturated heterocycles. The Hall–Kier alpha value is -1.32. The van der Waals surface area contributed by atoms with E-state index in [-0.39, 0.29) is 6.04 Å². The van der Waals surface area contributed by atoms with E-state index in [9.17, 15) is 0 Å². The molecule has 1 N–H and O–H groups in total. The van der Waals surface area contributed by atoms with Crippen LogP contribution in [0.1, 0.15) is 24.1 Å². The van der Waals surface area contributed by atoms with E-state index in [1.165, 1.54) is 5.56 Å². The molecule has 0 aliphatic carbocycles. The zero-order valence-electron chi connectivity index (χ0n) is 9.69. The Labute approximate surface area is 106 Å². The molecule has 3 nitrogen and oxygen atoms in total. The summed E-state index contributed by atoms with van der Waals surface area (Å²) in [7, 11) is 0. The summed E-state index contributed by atoms with van der Waals surface area (Å²) in [4.78, 5) is 4.01. The summed E-state index contributed by atoms with van der Waals surface area (Å²) in [5, 5.41) is 3.87. The molecule has 0 fully saturated rings. The Morgan fingerprint density at radius 2 is 2.12 bits per heavy atom. The molecule has 2 rings (SSSR count). The third-order valence-electron chi connectivity index (χ3n) is 2.66. The zero-order valence-corrected chi connectivity index (χ0v) is 10.4. The minimum absolute atomic E-state index is 0.175. The SMILES string of the molecule is CCNC(Cc1ccncc1)c1ccoc1Cl. The number of likely N-dealkylation sites (N-methyl/N-ethyl adjacent to an activating group) is 1. The van der Waals surface area contributed by atoms with Gasteiger partial charge in [0.1, 0.15) is 0 Å². The molecule has 0 bridgehead atoms. The third kappa shape index (κ3) is 3.08. The van der Waals surface area contributed by atoms with Gasteiger partial charge < -0.3 is 9.73 Å². The molecule has 1 unspecified atom stereocenters. The smallest absolute Gasteiger partial charge is 0.197 e. The number of aromatic nitrogens is 1. The van der Waals surface area contributed by atoms with Gasteiger partial charge in [0.15, 0.2) is 5.22 Å². The number of nitrogens with zero attached hydrogens (tertiary/aromatic N) is 1. The maximum Gasteiger partial charge on any atom is 0.197 e. The van der Waals surface area contributed by atoms with Crippen LogP contribution in [0.2, 0.25) is 5.22 Å². The Kier molecular flexibility index (Phi) is 4.18. The first kappa shape index (κ1) is 12.1. The minimum atomic E-state index is 0.175. The van der Waals surface area contributed by atoms with Crippen molar-refractivity contribution >= 4 is 11.6 Å². The first-order valence-corrected chi connectivity index (χ1v) is 6.04. The predicted molar refractivity (Wildman–Crippen MR) is 68.1 cm³/mol. The lowest BCUT2D eigenvalue weighted by molar-refractivity contribution is 0.526. The topological polar surface area (TPSA) is 38.1 Å². The lowest BCUT2D eigenvalue weighted by Crippen LogP contribution is -2.22. The van der Waals surface area contributed by atoms with E-state index in [0.29, 0.717) is 5.22 Å². The standard InChI is InChI=1S/C13H15ClN2O/c1-2-16-12(11-5-8-17-13(11)14)9-10-3-6-15-7-4-10/h3-8,12,16H,2,9H2,1H3. The molecule has 17 heavy (non-hydrogen) atoms. The van der Waals surface area contributed by atoms with Gasteiger partial charge in [-0.2, -0.15) is 0 Å². The van der Waals surface area contributed by atoms with Crippen molar-refractivity contribution in [2.24, 2.45) is 0 Å². The molecule has 1 atom stereocenters. The Bertz CT molecular complexity index is 455. The van der Waals surface area contributed by atoms with Crippen LogP contribution < -0.4 is 5.32 Å². The highest BCUT2D eigenvalue weighted by atomic mass is 35.5. The molecule has 0 aliphatic heterocycles. The molecule has 2 aromatic heterocycles. The molecule has 2 heterocycles. The molecule has 0 spiro atoms. The molecular formula is C13H15ClN2O. The fourth-order valence-corrected chi connectivity index (χ4v) is 2.09. The second kappa shape index (κ2) is 5.84. The molecular weight excluding hydrogens is 236 g/mol. The van der Waals surface area contributed by atoms with Crippen molar-refractivity contribution in [1.82, 2.24) is 10.3 Å². The average Bonchev–Trinajstić information content (AvgIpc) is 2.76. The number of pyridine rings is 1. The second-order valence-corrected chi connectivity index (χ2v) is 4.16. The van der Waals surface area contributed by atoms with Gasteiger partial charge in [-0.25, -0.2) is 0 Å². The summed E-state index contributed by atoms with van der Waals surface area (Å²) in [6.45, 7) is 2.96. The summed E-state index contributed by atoms with van der Waals surface area (Å²) >= 11 is 6.02. The van der Waals surface area contributed by atoms with Gasteiger partial charge >= 0.3 is 0 Å². The normalized spacial score (nSPS) is 12.6. The molecule has 0 aliphatic rings. The highest BCUT2D eigenvalue weighted by Crippen LogP contribution is 2.26. The summed E-state index contributed by atoms with van der Waals surface area (Å²) < 4.78 is 5.14. The molecule has 0 saturated carbocycles. The Morgan fingerprint density at radius 1 is 1.35 bits per heavy atom. The average molecular weight is 251 g/mol. The zero-order chi connectivity index (χ0) is 12.1. The highest BCUT2D eigenvalue weighted by Gasteiger charge is 2.16. The van der Waals surface area contributed by atoms with Crippen molar-refractivity contribution in [2.75, 3.05) is 6.54 Å². The maximum atomic E-state index is 6.02. The number of hydrogen-bond acceptors (Lipinski definition) is 3. The van der Waals surface area contributed by atoms with E-state index in [1.54, 1.807) is 18.7 Å². The van der Waals surface area contributed by atoms with Gasteiger partial charge in [0, 0.05) is 24.0 Å². The lowest BCUT2D eigenvalue weighted by atomic mass is 10.0. The third-order valence-corrected chi connectivity index (χ3v) is 2.97. The van der Waals surface area contributed by atoms with Gasteiger partial charge in [-0.05, 0) is 48.3 Å². The largest absolute Gasteiger partial charge is 0.453 e. The summed E-state index contributed by atoms with van der Waals surface area (Å²) in [5.74, 6) is 0. The highest BCUT2D eigenvalue weighted by molar-refractivity contribution is 6.29. The van der Waals surface area contributed by atoms with Crippen LogP contribution in [0.4, 0.5) is 0 Å². The van der Waals surface area contributed by atoms with Gasteiger partial charge in [0.25, 0.3) is 0 Å². The van der Waals surface area contributed by atoms with Gasteiger partial charge in [-0.1, -0.05) is 6.92 Å².